The summed E-state index contributed by atoms with van der Waals surface area (Å²) < 4.78 is 11.1. The van der Waals surface area contributed by atoms with Gasteiger partial charge in [-0.3, -0.25) is 4.79 Å². The van der Waals surface area contributed by atoms with Gasteiger partial charge in [0.1, 0.15) is 16.5 Å². The summed E-state index contributed by atoms with van der Waals surface area (Å²) in [4.78, 5) is 17.1. The summed E-state index contributed by atoms with van der Waals surface area (Å²) in [5.41, 5.74) is 2.14. The molecule has 0 bridgehead atoms. The summed E-state index contributed by atoms with van der Waals surface area (Å²) >= 11 is 7.70. The summed E-state index contributed by atoms with van der Waals surface area (Å²) in [6.45, 7) is 4.86. The van der Waals surface area contributed by atoms with E-state index in [0.717, 1.165) is 10.6 Å². The highest BCUT2D eigenvalue weighted by Crippen LogP contribution is 2.31. The van der Waals surface area contributed by atoms with Gasteiger partial charge in [0.2, 0.25) is 5.91 Å². The predicted molar refractivity (Wildman–Crippen MR) is 114 cm³/mol. The van der Waals surface area contributed by atoms with Gasteiger partial charge in [-0.15, -0.1) is 11.3 Å². The van der Waals surface area contributed by atoms with E-state index in [1.165, 1.54) is 11.3 Å². The van der Waals surface area contributed by atoms with Crippen LogP contribution in [0.2, 0.25) is 5.02 Å². The third-order valence-corrected chi connectivity index (χ3v) is 5.09. The molecule has 0 unspecified atom stereocenters. The zero-order valence-corrected chi connectivity index (χ0v) is 17.3. The predicted octanol–water partition coefficient (Wildman–Crippen LogP) is 5.44. The second kappa shape index (κ2) is 9.57. The van der Waals surface area contributed by atoms with Gasteiger partial charge in [0.05, 0.1) is 36.0 Å². The Morgan fingerprint density at radius 2 is 1.93 bits per heavy atom. The molecule has 0 saturated carbocycles. The van der Waals surface area contributed by atoms with Crippen molar-refractivity contribution < 1.29 is 14.3 Å². The normalized spacial score (nSPS) is 10.5. The van der Waals surface area contributed by atoms with Crippen LogP contribution in [-0.2, 0) is 11.2 Å². The van der Waals surface area contributed by atoms with Crippen LogP contribution >= 0.6 is 22.9 Å². The minimum atomic E-state index is -0.175. The molecule has 2 aromatic carbocycles. The Morgan fingerprint density at radius 3 is 2.68 bits per heavy atom. The van der Waals surface area contributed by atoms with Gasteiger partial charge in [-0.05, 0) is 32.0 Å². The number of ether oxygens (including phenoxy) is 2. The maximum Gasteiger partial charge on any atom is 0.230 e. The molecule has 0 aliphatic carbocycles. The highest BCUT2D eigenvalue weighted by Gasteiger charge is 2.14. The second-order valence-corrected chi connectivity index (χ2v) is 7.14. The fourth-order valence-corrected chi connectivity index (χ4v) is 3.79. The number of benzene rings is 2. The van der Waals surface area contributed by atoms with E-state index >= 15 is 0 Å². The van der Waals surface area contributed by atoms with Crippen LogP contribution in [-0.4, -0.2) is 24.1 Å². The van der Waals surface area contributed by atoms with E-state index in [9.17, 15) is 4.79 Å². The molecule has 146 valence electrons. The SMILES string of the molecule is CCOc1ccc(OCC)c(NC(=O)Cc2csc(-c3ccccc3Cl)n2)c1. The van der Waals surface area contributed by atoms with Crippen LogP contribution in [0, 0.1) is 0 Å². The van der Waals surface area contributed by atoms with E-state index in [0.29, 0.717) is 41.1 Å². The monoisotopic (exact) mass is 416 g/mol. The number of hydrogen-bond donors (Lipinski definition) is 1. The Labute approximate surface area is 173 Å². The number of aromatic nitrogens is 1. The van der Waals surface area contributed by atoms with E-state index in [4.69, 9.17) is 21.1 Å². The lowest BCUT2D eigenvalue weighted by molar-refractivity contribution is -0.115. The molecule has 1 heterocycles. The van der Waals surface area contributed by atoms with Crippen LogP contribution in [0.25, 0.3) is 10.6 Å². The van der Waals surface area contributed by atoms with E-state index in [2.05, 4.69) is 10.3 Å². The van der Waals surface area contributed by atoms with Crippen molar-refractivity contribution >= 4 is 34.5 Å². The maximum atomic E-state index is 12.6. The van der Waals surface area contributed by atoms with Crippen molar-refractivity contribution in [3.8, 4) is 22.1 Å². The summed E-state index contributed by atoms with van der Waals surface area (Å²) in [5, 5.41) is 6.20. The van der Waals surface area contributed by atoms with Gasteiger partial charge in [0.25, 0.3) is 0 Å². The first-order chi connectivity index (χ1) is 13.6. The van der Waals surface area contributed by atoms with E-state index in [-0.39, 0.29) is 12.3 Å². The minimum absolute atomic E-state index is 0.158. The first-order valence-corrected chi connectivity index (χ1v) is 10.2. The molecule has 0 aliphatic rings. The molecule has 3 rings (SSSR count). The average Bonchev–Trinajstić information content (AvgIpc) is 3.12. The second-order valence-electron chi connectivity index (χ2n) is 5.87. The van der Waals surface area contributed by atoms with E-state index < -0.39 is 0 Å². The number of hydrogen-bond acceptors (Lipinski definition) is 5. The van der Waals surface area contributed by atoms with Crippen LogP contribution in [0.1, 0.15) is 19.5 Å². The standard InChI is InChI=1S/C21H21ClN2O3S/c1-3-26-15-9-10-19(27-4-2)18(12-15)24-20(25)11-14-13-28-21(23-14)16-7-5-6-8-17(16)22/h5-10,12-13H,3-4,11H2,1-2H3,(H,24,25). The van der Waals surface area contributed by atoms with Crippen molar-refractivity contribution in [2.24, 2.45) is 0 Å². The fraction of sp³-hybridized carbons (Fsp3) is 0.238. The van der Waals surface area contributed by atoms with Crippen LogP contribution < -0.4 is 14.8 Å². The van der Waals surface area contributed by atoms with Gasteiger partial charge in [0.15, 0.2) is 0 Å². The number of carbonyl (C=O) groups excluding carboxylic acids is 1. The zero-order chi connectivity index (χ0) is 19.9. The number of thiazole rings is 1. The first-order valence-electron chi connectivity index (χ1n) is 8.99. The Morgan fingerprint density at radius 1 is 1.14 bits per heavy atom. The maximum absolute atomic E-state index is 12.6. The third kappa shape index (κ3) is 5.03. The first kappa shape index (κ1) is 20.2. The zero-order valence-electron chi connectivity index (χ0n) is 15.7. The molecular formula is C21H21ClN2O3S. The van der Waals surface area contributed by atoms with Gasteiger partial charge in [0, 0.05) is 17.0 Å². The molecule has 7 heteroatoms. The molecule has 5 nitrogen and oxygen atoms in total. The molecule has 1 aromatic heterocycles. The van der Waals surface area contributed by atoms with Gasteiger partial charge >= 0.3 is 0 Å². The van der Waals surface area contributed by atoms with Crippen LogP contribution in [0.15, 0.2) is 47.8 Å². The molecule has 0 saturated heterocycles. The quantitative estimate of drug-likeness (QED) is 0.531. The van der Waals surface area contributed by atoms with Crippen LogP contribution in [0.5, 0.6) is 11.5 Å². The molecule has 0 spiro atoms. The number of rotatable bonds is 8. The largest absolute Gasteiger partial charge is 0.494 e. The molecule has 0 atom stereocenters. The summed E-state index contributed by atoms with van der Waals surface area (Å²) in [7, 11) is 0. The lowest BCUT2D eigenvalue weighted by Gasteiger charge is -2.13. The topological polar surface area (TPSA) is 60.5 Å². The molecular weight excluding hydrogens is 396 g/mol. The molecule has 3 aromatic rings. The minimum Gasteiger partial charge on any atom is -0.494 e. The smallest absolute Gasteiger partial charge is 0.230 e. The lowest BCUT2D eigenvalue weighted by atomic mass is 10.2. The third-order valence-electron chi connectivity index (χ3n) is 3.83. The molecule has 0 radical (unpaired) electrons. The number of anilines is 1. The van der Waals surface area contributed by atoms with E-state index in [1.54, 1.807) is 12.1 Å². The van der Waals surface area contributed by atoms with Gasteiger partial charge in [-0.25, -0.2) is 4.98 Å². The van der Waals surface area contributed by atoms with Crippen molar-refractivity contribution in [1.82, 2.24) is 4.98 Å². The number of carbonyl (C=O) groups is 1. The molecule has 28 heavy (non-hydrogen) atoms. The fourth-order valence-electron chi connectivity index (χ4n) is 2.65. The van der Waals surface area contributed by atoms with Crippen molar-refractivity contribution in [2.45, 2.75) is 20.3 Å². The Balaban J connectivity index is 1.72. The molecule has 1 amide bonds. The van der Waals surface area contributed by atoms with Crippen molar-refractivity contribution in [1.29, 1.82) is 0 Å². The van der Waals surface area contributed by atoms with Crippen LogP contribution in [0.4, 0.5) is 5.69 Å². The number of nitrogens with one attached hydrogen (secondary N) is 1. The Bertz CT molecular complexity index is 958. The van der Waals surface area contributed by atoms with Gasteiger partial charge in [-0.1, -0.05) is 29.8 Å². The molecule has 0 aliphatic heterocycles. The number of amides is 1. The summed E-state index contributed by atoms with van der Waals surface area (Å²) in [6.07, 6.45) is 0.158. The molecule has 1 N–H and O–H groups in total. The highest BCUT2D eigenvalue weighted by atomic mass is 35.5. The van der Waals surface area contributed by atoms with Crippen molar-refractivity contribution in [2.75, 3.05) is 18.5 Å². The van der Waals surface area contributed by atoms with Gasteiger partial charge < -0.3 is 14.8 Å². The average molecular weight is 417 g/mol. The lowest BCUT2D eigenvalue weighted by Crippen LogP contribution is -2.15. The summed E-state index contributed by atoms with van der Waals surface area (Å²) in [6, 6.07) is 12.9. The van der Waals surface area contributed by atoms with Crippen molar-refractivity contribution in [3.63, 3.8) is 0 Å². The Kier molecular flexibility index (Phi) is 6.90. The van der Waals surface area contributed by atoms with Gasteiger partial charge in [-0.2, -0.15) is 0 Å². The highest BCUT2D eigenvalue weighted by molar-refractivity contribution is 7.13. The number of nitrogens with zero attached hydrogens (tertiary/aromatic N) is 1. The molecule has 0 fully saturated rings. The Hall–Kier alpha value is -2.57. The van der Waals surface area contributed by atoms with E-state index in [1.807, 2.05) is 49.6 Å². The summed E-state index contributed by atoms with van der Waals surface area (Å²) in [5.74, 6) is 1.11. The van der Waals surface area contributed by atoms with Crippen molar-refractivity contribution in [3.05, 3.63) is 58.6 Å². The van der Waals surface area contributed by atoms with Crippen LogP contribution in [0.3, 0.4) is 0 Å². The number of halogens is 1.